The summed E-state index contributed by atoms with van der Waals surface area (Å²) in [6.45, 7) is 1.73. The molecule has 4 rings (SSSR count). The van der Waals surface area contributed by atoms with Crippen molar-refractivity contribution < 1.29 is 9.53 Å². The van der Waals surface area contributed by atoms with Gasteiger partial charge >= 0.3 is 6.03 Å². The molecule has 2 bridgehead atoms. The Hall–Kier alpha value is -2.08. The molecule has 2 aromatic carbocycles. The van der Waals surface area contributed by atoms with Crippen LogP contribution in [0.3, 0.4) is 0 Å². The Balaban J connectivity index is 1.34. The van der Waals surface area contributed by atoms with Crippen molar-refractivity contribution in [2.45, 2.75) is 24.5 Å². The summed E-state index contributed by atoms with van der Waals surface area (Å²) in [4.78, 5) is 12.0. The predicted molar refractivity (Wildman–Crippen MR) is 99.3 cm³/mol. The lowest BCUT2D eigenvalue weighted by atomic mass is 9.93. The molecule has 5 nitrogen and oxygen atoms in total. The van der Waals surface area contributed by atoms with E-state index in [0.717, 1.165) is 31.7 Å². The first-order chi connectivity index (χ1) is 12.1. The maximum atomic E-state index is 12.0. The van der Waals surface area contributed by atoms with E-state index in [1.54, 1.807) is 24.3 Å². The molecule has 2 unspecified atom stereocenters. The van der Waals surface area contributed by atoms with E-state index in [1.165, 1.54) is 5.56 Å². The molecule has 2 aliphatic heterocycles. The molecule has 2 amide bonds. The standard InChI is InChI=1S/C19H20ClN3O2/c20-14-3-7-16(8-4-14)23-18(24)22-15-5-1-13(2-6-15)9-19-10-17(11-25-19)21-12-19/h1-8,17,21H,9-12H2,(H2,22,23,24). The van der Waals surface area contributed by atoms with Gasteiger partial charge < -0.3 is 20.7 Å². The van der Waals surface area contributed by atoms with Crippen LogP contribution in [0.2, 0.25) is 5.02 Å². The van der Waals surface area contributed by atoms with E-state index in [2.05, 4.69) is 16.0 Å². The Morgan fingerprint density at radius 2 is 1.76 bits per heavy atom. The maximum absolute atomic E-state index is 12.0. The van der Waals surface area contributed by atoms with Gasteiger partial charge in [0.25, 0.3) is 0 Å². The Labute approximate surface area is 151 Å². The fraction of sp³-hybridized carbons (Fsp3) is 0.316. The van der Waals surface area contributed by atoms with E-state index >= 15 is 0 Å². The summed E-state index contributed by atoms with van der Waals surface area (Å²) in [6, 6.07) is 15.1. The van der Waals surface area contributed by atoms with E-state index < -0.39 is 0 Å². The summed E-state index contributed by atoms with van der Waals surface area (Å²) >= 11 is 5.84. The molecule has 2 saturated heterocycles. The molecule has 0 aliphatic carbocycles. The third-order valence-electron chi connectivity index (χ3n) is 4.76. The quantitative estimate of drug-likeness (QED) is 0.782. The summed E-state index contributed by atoms with van der Waals surface area (Å²) in [6.07, 6.45) is 1.98. The number of anilines is 2. The third-order valence-corrected chi connectivity index (χ3v) is 5.01. The average Bonchev–Trinajstić information content (AvgIpc) is 3.19. The Kier molecular flexibility index (Phi) is 4.37. The van der Waals surface area contributed by atoms with Crippen LogP contribution in [0.25, 0.3) is 0 Å². The first-order valence-corrected chi connectivity index (χ1v) is 8.78. The number of halogens is 1. The van der Waals surface area contributed by atoms with Gasteiger partial charge in [0.15, 0.2) is 0 Å². The first-order valence-electron chi connectivity index (χ1n) is 8.40. The number of carbonyl (C=O) groups is 1. The Morgan fingerprint density at radius 1 is 1.12 bits per heavy atom. The lowest BCUT2D eigenvalue weighted by molar-refractivity contribution is -0.00521. The van der Waals surface area contributed by atoms with Gasteiger partial charge in [-0.15, -0.1) is 0 Å². The number of ether oxygens (including phenoxy) is 1. The second-order valence-corrected chi connectivity index (χ2v) is 7.17. The van der Waals surface area contributed by atoms with Crippen LogP contribution >= 0.6 is 11.6 Å². The molecule has 0 aromatic heterocycles. The number of nitrogens with one attached hydrogen (secondary N) is 3. The number of hydrogen-bond acceptors (Lipinski definition) is 3. The van der Waals surface area contributed by atoms with E-state index in [4.69, 9.17) is 16.3 Å². The largest absolute Gasteiger partial charge is 0.372 e. The number of rotatable bonds is 4. The normalized spacial score (nSPS) is 24.3. The minimum Gasteiger partial charge on any atom is -0.372 e. The van der Waals surface area contributed by atoms with Gasteiger partial charge in [0, 0.05) is 35.4 Å². The molecule has 0 radical (unpaired) electrons. The predicted octanol–water partition coefficient (Wildman–Crippen LogP) is 3.66. The van der Waals surface area contributed by atoms with E-state index in [1.807, 2.05) is 24.3 Å². The molecule has 0 spiro atoms. The van der Waals surface area contributed by atoms with Crippen LogP contribution in [0.4, 0.5) is 16.2 Å². The highest BCUT2D eigenvalue weighted by Crippen LogP contribution is 2.34. The van der Waals surface area contributed by atoms with Crippen LogP contribution in [0.5, 0.6) is 0 Å². The SMILES string of the molecule is O=C(Nc1ccc(Cl)cc1)Nc1ccc(CC23CNC(CO2)C3)cc1. The van der Waals surface area contributed by atoms with Crippen molar-refractivity contribution in [3.05, 3.63) is 59.1 Å². The lowest BCUT2D eigenvalue weighted by Gasteiger charge is -2.26. The Morgan fingerprint density at radius 3 is 2.28 bits per heavy atom. The number of benzene rings is 2. The van der Waals surface area contributed by atoms with Crippen LogP contribution in [-0.4, -0.2) is 30.8 Å². The zero-order valence-electron chi connectivity index (χ0n) is 13.7. The fourth-order valence-corrected chi connectivity index (χ4v) is 3.65. The topological polar surface area (TPSA) is 62.4 Å². The summed E-state index contributed by atoms with van der Waals surface area (Å²) in [5.74, 6) is 0. The van der Waals surface area contributed by atoms with Crippen molar-refractivity contribution in [1.29, 1.82) is 0 Å². The highest BCUT2D eigenvalue weighted by molar-refractivity contribution is 6.30. The molecular weight excluding hydrogens is 338 g/mol. The van der Waals surface area contributed by atoms with Gasteiger partial charge in [-0.05, 0) is 48.4 Å². The highest BCUT2D eigenvalue weighted by atomic mass is 35.5. The van der Waals surface area contributed by atoms with Crippen LogP contribution in [0.1, 0.15) is 12.0 Å². The van der Waals surface area contributed by atoms with E-state index in [-0.39, 0.29) is 11.6 Å². The van der Waals surface area contributed by atoms with Crippen LogP contribution in [-0.2, 0) is 11.2 Å². The lowest BCUT2D eigenvalue weighted by Crippen LogP contribution is -2.40. The zero-order valence-corrected chi connectivity index (χ0v) is 14.5. The maximum Gasteiger partial charge on any atom is 0.323 e. The van der Waals surface area contributed by atoms with Gasteiger partial charge in [0.2, 0.25) is 0 Å². The van der Waals surface area contributed by atoms with Crippen molar-refractivity contribution in [3.8, 4) is 0 Å². The van der Waals surface area contributed by atoms with Crippen molar-refractivity contribution in [1.82, 2.24) is 5.32 Å². The molecular formula is C19H20ClN3O2. The number of fused-ring (bicyclic) bond motifs is 2. The van der Waals surface area contributed by atoms with Gasteiger partial charge in [-0.1, -0.05) is 23.7 Å². The summed E-state index contributed by atoms with van der Waals surface area (Å²) < 4.78 is 5.96. The molecule has 2 atom stereocenters. The summed E-state index contributed by atoms with van der Waals surface area (Å²) in [5.41, 5.74) is 2.61. The monoisotopic (exact) mass is 357 g/mol. The minimum absolute atomic E-state index is 0.0500. The third kappa shape index (κ3) is 3.79. The Bertz CT molecular complexity index is 753. The van der Waals surface area contributed by atoms with Gasteiger partial charge in [-0.2, -0.15) is 0 Å². The first kappa shape index (κ1) is 16.4. The molecule has 25 heavy (non-hydrogen) atoms. The number of urea groups is 1. The van der Waals surface area contributed by atoms with Crippen LogP contribution < -0.4 is 16.0 Å². The van der Waals surface area contributed by atoms with Crippen LogP contribution in [0, 0.1) is 0 Å². The van der Waals surface area contributed by atoms with Crippen molar-refractivity contribution >= 4 is 29.0 Å². The highest BCUT2D eigenvalue weighted by Gasteiger charge is 2.45. The molecule has 2 fully saturated rings. The second kappa shape index (κ2) is 6.67. The van der Waals surface area contributed by atoms with Crippen LogP contribution in [0.15, 0.2) is 48.5 Å². The van der Waals surface area contributed by atoms with Gasteiger partial charge in [-0.3, -0.25) is 0 Å². The number of hydrogen-bond donors (Lipinski definition) is 3. The number of morpholine rings is 1. The smallest absolute Gasteiger partial charge is 0.323 e. The molecule has 3 N–H and O–H groups in total. The van der Waals surface area contributed by atoms with Gasteiger partial charge in [0.05, 0.1) is 12.2 Å². The summed E-state index contributed by atoms with van der Waals surface area (Å²) in [5, 5.41) is 9.72. The number of amides is 2. The zero-order chi connectivity index (χ0) is 17.3. The summed E-state index contributed by atoms with van der Waals surface area (Å²) in [7, 11) is 0. The van der Waals surface area contributed by atoms with Gasteiger partial charge in [0.1, 0.15) is 0 Å². The fourth-order valence-electron chi connectivity index (χ4n) is 3.52. The molecule has 2 aliphatic rings. The van der Waals surface area contributed by atoms with E-state index in [0.29, 0.717) is 16.8 Å². The van der Waals surface area contributed by atoms with Crippen molar-refractivity contribution in [2.24, 2.45) is 0 Å². The molecule has 6 heteroatoms. The second-order valence-electron chi connectivity index (χ2n) is 6.74. The van der Waals surface area contributed by atoms with Crippen molar-refractivity contribution in [2.75, 3.05) is 23.8 Å². The minimum atomic E-state index is -0.282. The molecule has 2 aromatic rings. The molecule has 130 valence electrons. The number of carbonyl (C=O) groups excluding carboxylic acids is 1. The molecule has 2 heterocycles. The average molecular weight is 358 g/mol. The van der Waals surface area contributed by atoms with Crippen molar-refractivity contribution in [3.63, 3.8) is 0 Å². The van der Waals surface area contributed by atoms with E-state index in [9.17, 15) is 4.79 Å². The van der Waals surface area contributed by atoms with Gasteiger partial charge in [-0.25, -0.2) is 4.79 Å². The molecule has 0 saturated carbocycles.